The molecule has 22 heavy (non-hydrogen) atoms. The van der Waals surface area contributed by atoms with E-state index in [4.69, 9.17) is 10.2 Å². The summed E-state index contributed by atoms with van der Waals surface area (Å²) >= 11 is 0. The maximum absolute atomic E-state index is 10.9. The van der Waals surface area contributed by atoms with E-state index in [1.165, 1.54) is 0 Å². The lowest BCUT2D eigenvalue weighted by atomic mass is 9.84. The maximum Gasteiger partial charge on any atom is 0.335 e. The number of aromatic carboxylic acids is 2. The lowest BCUT2D eigenvalue weighted by Gasteiger charge is -2.20. The average Bonchev–Trinajstić information content (AvgIpc) is 2.48. The first-order valence-corrected chi connectivity index (χ1v) is 6.84. The molecule has 4 nitrogen and oxygen atoms in total. The second-order valence-corrected chi connectivity index (χ2v) is 5.77. The number of carbonyl (C=O) groups is 2. The normalized spacial score (nSPS) is 10.3. The van der Waals surface area contributed by atoms with Crippen molar-refractivity contribution in [2.45, 2.75) is 26.2 Å². The monoisotopic (exact) mass is 300 g/mol. The standard InChI is InChI=1S/C11H14O2.C7H6O2/c1-11(2,3)9-7-5-4-6-8(9)10(12)13;8-7(9)6-4-2-1-3-5-6/h4-7H,1-3H3,(H,12,13);1-5H,(H,8,9). The van der Waals surface area contributed by atoms with E-state index in [1.807, 2.05) is 32.9 Å². The lowest BCUT2D eigenvalue weighted by Crippen LogP contribution is -2.16. The van der Waals surface area contributed by atoms with Gasteiger partial charge in [0.2, 0.25) is 0 Å². The fourth-order valence-corrected chi connectivity index (χ4v) is 1.90. The molecule has 0 aliphatic heterocycles. The van der Waals surface area contributed by atoms with Crippen molar-refractivity contribution in [2.75, 3.05) is 0 Å². The molecular weight excluding hydrogens is 280 g/mol. The van der Waals surface area contributed by atoms with Crippen LogP contribution < -0.4 is 0 Å². The first kappa shape index (κ1) is 17.4. The predicted octanol–water partition coefficient (Wildman–Crippen LogP) is 4.07. The van der Waals surface area contributed by atoms with Crippen molar-refractivity contribution in [1.82, 2.24) is 0 Å². The molecule has 2 rings (SSSR count). The van der Waals surface area contributed by atoms with Crippen molar-refractivity contribution >= 4 is 11.9 Å². The molecule has 0 spiro atoms. The van der Waals surface area contributed by atoms with Gasteiger partial charge in [-0.3, -0.25) is 0 Å². The largest absolute Gasteiger partial charge is 0.478 e. The Morgan fingerprint density at radius 1 is 0.773 bits per heavy atom. The van der Waals surface area contributed by atoms with Crippen molar-refractivity contribution in [1.29, 1.82) is 0 Å². The highest BCUT2D eigenvalue weighted by molar-refractivity contribution is 5.89. The Morgan fingerprint density at radius 2 is 1.27 bits per heavy atom. The topological polar surface area (TPSA) is 74.6 Å². The molecular formula is C18H20O4. The minimum Gasteiger partial charge on any atom is -0.478 e. The van der Waals surface area contributed by atoms with Crippen molar-refractivity contribution in [3.63, 3.8) is 0 Å². The number of hydrogen-bond donors (Lipinski definition) is 2. The van der Waals surface area contributed by atoms with Crippen LogP contribution in [-0.2, 0) is 5.41 Å². The number of benzene rings is 2. The molecule has 2 aromatic carbocycles. The van der Waals surface area contributed by atoms with E-state index in [2.05, 4.69) is 0 Å². The van der Waals surface area contributed by atoms with Crippen molar-refractivity contribution in [3.05, 3.63) is 71.3 Å². The summed E-state index contributed by atoms with van der Waals surface area (Å²) in [7, 11) is 0. The number of hydrogen-bond acceptors (Lipinski definition) is 2. The van der Waals surface area contributed by atoms with Gasteiger partial charge in [-0.25, -0.2) is 9.59 Å². The molecule has 0 amide bonds. The molecule has 0 radical (unpaired) electrons. The molecule has 0 atom stereocenters. The Hall–Kier alpha value is -2.62. The fraction of sp³-hybridized carbons (Fsp3) is 0.222. The summed E-state index contributed by atoms with van der Waals surface area (Å²) in [4.78, 5) is 21.1. The molecule has 0 unspecified atom stereocenters. The molecule has 0 bridgehead atoms. The van der Waals surface area contributed by atoms with Gasteiger partial charge < -0.3 is 10.2 Å². The lowest BCUT2D eigenvalue weighted by molar-refractivity contribution is 0.0684. The third-order valence-electron chi connectivity index (χ3n) is 2.99. The van der Waals surface area contributed by atoms with Crippen LogP contribution in [0.15, 0.2) is 54.6 Å². The van der Waals surface area contributed by atoms with E-state index < -0.39 is 11.9 Å². The Morgan fingerprint density at radius 3 is 1.64 bits per heavy atom. The van der Waals surface area contributed by atoms with Crippen LogP contribution in [0.1, 0.15) is 47.1 Å². The van der Waals surface area contributed by atoms with Crippen LogP contribution in [-0.4, -0.2) is 22.2 Å². The quantitative estimate of drug-likeness (QED) is 0.876. The average molecular weight is 300 g/mol. The summed E-state index contributed by atoms with van der Waals surface area (Å²) in [5.41, 5.74) is 1.49. The highest BCUT2D eigenvalue weighted by Crippen LogP contribution is 2.25. The zero-order valence-corrected chi connectivity index (χ0v) is 12.9. The maximum atomic E-state index is 10.9. The summed E-state index contributed by atoms with van der Waals surface area (Å²) in [6.07, 6.45) is 0. The van der Waals surface area contributed by atoms with Gasteiger partial charge in [0.15, 0.2) is 0 Å². The summed E-state index contributed by atoms with van der Waals surface area (Å²) < 4.78 is 0. The minimum atomic E-state index is -0.879. The molecule has 0 aliphatic rings. The molecule has 0 saturated carbocycles. The summed E-state index contributed by atoms with van der Waals surface area (Å²) in [5, 5.41) is 17.3. The predicted molar refractivity (Wildman–Crippen MR) is 85.5 cm³/mol. The smallest absolute Gasteiger partial charge is 0.335 e. The summed E-state index contributed by atoms with van der Waals surface area (Å²) in [6.45, 7) is 6.03. The molecule has 0 aromatic heterocycles. The van der Waals surface area contributed by atoms with E-state index >= 15 is 0 Å². The van der Waals surface area contributed by atoms with Crippen molar-refractivity contribution in [3.8, 4) is 0 Å². The van der Waals surface area contributed by atoms with Crippen LogP contribution >= 0.6 is 0 Å². The molecule has 0 aliphatic carbocycles. The summed E-state index contributed by atoms with van der Waals surface area (Å²) in [5.74, 6) is -1.74. The minimum absolute atomic E-state index is 0.116. The third-order valence-corrected chi connectivity index (χ3v) is 2.99. The molecule has 0 fully saturated rings. The number of carboxylic acids is 2. The highest BCUT2D eigenvalue weighted by atomic mass is 16.4. The Kier molecular flexibility index (Phi) is 5.87. The Labute approximate surface area is 130 Å². The third kappa shape index (κ3) is 5.05. The molecule has 0 heterocycles. The molecule has 0 saturated heterocycles. The second-order valence-electron chi connectivity index (χ2n) is 5.77. The van der Waals surface area contributed by atoms with Crippen molar-refractivity contribution < 1.29 is 19.8 Å². The fourth-order valence-electron chi connectivity index (χ4n) is 1.90. The van der Waals surface area contributed by atoms with Crippen LogP contribution in [0.4, 0.5) is 0 Å². The second kappa shape index (κ2) is 7.41. The molecule has 116 valence electrons. The van der Waals surface area contributed by atoms with Crippen LogP contribution in [0.2, 0.25) is 0 Å². The Balaban J connectivity index is 0.000000235. The van der Waals surface area contributed by atoms with E-state index in [-0.39, 0.29) is 5.41 Å². The van der Waals surface area contributed by atoms with E-state index in [1.54, 1.807) is 42.5 Å². The van der Waals surface area contributed by atoms with Gasteiger partial charge in [-0.2, -0.15) is 0 Å². The van der Waals surface area contributed by atoms with Crippen LogP contribution in [0.5, 0.6) is 0 Å². The molecule has 2 aromatic rings. The zero-order chi connectivity index (χ0) is 16.8. The molecule has 2 N–H and O–H groups in total. The van der Waals surface area contributed by atoms with Crippen LogP contribution in [0, 0.1) is 0 Å². The summed E-state index contributed by atoms with van der Waals surface area (Å²) in [6, 6.07) is 15.4. The number of carboxylic acid groups (broad SMARTS) is 2. The SMILES string of the molecule is CC(C)(C)c1ccccc1C(=O)O.O=C(O)c1ccccc1. The highest BCUT2D eigenvalue weighted by Gasteiger charge is 2.20. The number of rotatable bonds is 2. The van der Waals surface area contributed by atoms with Gasteiger partial charge in [0, 0.05) is 0 Å². The Bertz CT molecular complexity index is 640. The van der Waals surface area contributed by atoms with Gasteiger partial charge in [0.1, 0.15) is 0 Å². The van der Waals surface area contributed by atoms with E-state index in [0.29, 0.717) is 11.1 Å². The van der Waals surface area contributed by atoms with Crippen LogP contribution in [0.25, 0.3) is 0 Å². The van der Waals surface area contributed by atoms with Gasteiger partial charge >= 0.3 is 11.9 Å². The molecule has 4 heteroatoms. The zero-order valence-electron chi connectivity index (χ0n) is 12.9. The van der Waals surface area contributed by atoms with Gasteiger partial charge in [-0.05, 0) is 29.2 Å². The van der Waals surface area contributed by atoms with Gasteiger partial charge in [0.25, 0.3) is 0 Å². The van der Waals surface area contributed by atoms with Gasteiger partial charge in [-0.1, -0.05) is 57.2 Å². The van der Waals surface area contributed by atoms with E-state index in [9.17, 15) is 9.59 Å². The first-order chi connectivity index (χ1) is 10.2. The van der Waals surface area contributed by atoms with Crippen LogP contribution in [0.3, 0.4) is 0 Å². The van der Waals surface area contributed by atoms with Gasteiger partial charge in [-0.15, -0.1) is 0 Å². The van der Waals surface area contributed by atoms with Crippen molar-refractivity contribution in [2.24, 2.45) is 0 Å². The van der Waals surface area contributed by atoms with Gasteiger partial charge in [0.05, 0.1) is 11.1 Å². The van der Waals surface area contributed by atoms with E-state index in [0.717, 1.165) is 5.56 Å². The first-order valence-electron chi connectivity index (χ1n) is 6.84.